The Bertz CT molecular complexity index is 647. The molecule has 0 fully saturated rings. The van der Waals surface area contributed by atoms with Crippen LogP contribution in [-0.2, 0) is 4.79 Å². The standard InChI is InChI=1S/C18H24N4O3/c19-17-13-16(25)5-6-18(17)21-15-3-1-14(2-4-15)20-7-8-22(9-11-23)10-12-24/h1-6,19-20,23-24H,7-13H2. The van der Waals surface area contributed by atoms with Gasteiger partial charge in [-0.1, -0.05) is 0 Å². The van der Waals surface area contributed by atoms with Crippen LogP contribution < -0.4 is 5.32 Å². The molecule has 0 atom stereocenters. The summed E-state index contributed by atoms with van der Waals surface area (Å²) in [4.78, 5) is 17.6. The molecule has 25 heavy (non-hydrogen) atoms. The molecule has 2 rings (SSSR count). The van der Waals surface area contributed by atoms with Crippen molar-refractivity contribution in [2.75, 3.05) is 44.7 Å². The van der Waals surface area contributed by atoms with Crippen molar-refractivity contribution in [3.8, 4) is 0 Å². The molecule has 0 heterocycles. The van der Waals surface area contributed by atoms with Crippen molar-refractivity contribution < 1.29 is 15.0 Å². The molecule has 1 aromatic rings. The SMILES string of the molecule is N=C1CC(=O)C=CC1=Nc1ccc(NCCN(CCO)CCO)cc1. The smallest absolute Gasteiger partial charge is 0.161 e. The van der Waals surface area contributed by atoms with Crippen LogP contribution >= 0.6 is 0 Å². The molecule has 0 amide bonds. The van der Waals surface area contributed by atoms with Gasteiger partial charge in [-0.3, -0.25) is 9.69 Å². The summed E-state index contributed by atoms with van der Waals surface area (Å²) in [5.41, 5.74) is 2.43. The summed E-state index contributed by atoms with van der Waals surface area (Å²) in [5, 5.41) is 29.1. The molecule has 0 saturated carbocycles. The molecule has 4 N–H and O–H groups in total. The van der Waals surface area contributed by atoms with E-state index in [2.05, 4.69) is 10.3 Å². The number of hydrogen-bond donors (Lipinski definition) is 4. The fourth-order valence-electron chi connectivity index (χ4n) is 2.47. The van der Waals surface area contributed by atoms with Crippen molar-refractivity contribution >= 4 is 28.6 Å². The zero-order valence-corrected chi connectivity index (χ0v) is 14.1. The third-order valence-electron chi connectivity index (χ3n) is 3.79. The van der Waals surface area contributed by atoms with Crippen LogP contribution in [0.3, 0.4) is 0 Å². The maximum Gasteiger partial charge on any atom is 0.161 e. The van der Waals surface area contributed by atoms with Gasteiger partial charge in [-0.15, -0.1) is 0 Å². The Morgan fingerprint density at radius 1 is 1.08 bits per heavy atom. The number of anilines is 1. The van der Waals surface area contributed by atoms with Gasteiger partial charge in [-0.05, 0) is 36.4 Å². The van der Waals surface area contributed by atoms with Gasteiger partial charge < -0.3 is 20.9 Å². The van der Waals surface area contributed by atoms with Gasteiger partial charge in [0.25, 0.3) is 0 Å². The zero-order valence-electron chi connectivity index (χ0n) is 14.1. The van der Waals surface area contributed by atoms with E-state index in [9.17, 15) is 4.79 Å². The lowest BCUT2D eigenvalue weighted by molar-refractivity contribution is -0.113. The summed E-state index contributed by atoms with van der Waals surface area (Å²) >= 11 is 0. The van der Waals surface area contributed by atoms with Crippen molar-refractivity contribution in [2.45, 2.75) is 6.42 Å². The molecular weight excluding hydrogens is 320 g/mol. The number of ketones is 1. The predicted octanol–water partition coefficient (Wildman–Crippen LogP) is 1.01. The molecule has 1 aliphatic carbocycles. The number of aliphatic imine (C=N–C) groups is 1. The average molecular weight is 344 g/mol. The second-order valence-electron chi connectivity index (χ2n) is 5.71. The number of allylic oxidation sites excluding steroid dienone is 2. The number of hydrogen-bond acceptors (Lipinski definition) is 7. The van der Waals surface area contributed by atoms with Crippen LogP contribution in [0.5, 0.6) is 0 Å². The second kappa shape index (κ2) is 9.83. The third kappa shape index (κ3) is 6.22. The van der Waals surface area contributed by atoms with E-state index in [1.807, 2.05) is 29.2 Å². The van der Waals surface area contributed by atoms with Crippen molar-refractivity contribution in [1.29, 1.82) is 5.41 Å². The summed E-state index contributed by atoms with van der Waals surface area (Å²) < 4.78 is 0. The molecule has 7 nitrogen and oxygen atoms in total. The van der Waals surface area contributed by atoms with Gasteiger partial charge in [0.1, 0.15) is 0 Å². The number of aliphatic hydroxyl groups excluding tert-OH is 2. The molecular formula is C18H24N4O3. The van der Waals surface area contributed by atoms with Gasteiger partial charge in [0.2, 0.25) is 0 Å². The Morgan fingerprint density at radius 2 is 1.76 bits per heavy atom. The Hall–Kier alpha value is -2.35. The summed E-state index contributed by atoms with van der Waals surface area (Å²) in [6.07, 6.45) is 3.14. The highest BCUT2D eigenvalue weighted by atomic mass is 16.3. The van der Waals surface area contributed by atoms with E-state index in [0.29, 0.717) is 25.3 Å². The lowest BCUT2D eigenvalue weighted by atomic mass is 10.0. The van der Waals surface area contributed by atoms with Crippen molar-refractivity contribution in [2.24, 2.45) is 4.99 Å². The van der Waals surface area contributed by atoms with Crippen LogP contribution in [0, 0.1) is 5.41 Å². The van der Waals surface area contributed by atoms with E-state index in [-0.39, 0.29) is 31.1 Å². The maximum absolute atomic E-state index is 11.2. The molecule has 0 unspecified atom stereocenters. The van der Waals surface area contributed by atoms with E-state index in [1.54, 1.807) is 6.08 Å². The van der Waals surface area contributed by atoms with Crippen LogP contribution in [0.2, 0.25) is 0 Å². The van der Waals surface area contributed by atoms with Crippen molar-refractivity contribution in [3.05, 3.63) is 36.4 Å². The van der Waals surface area contributed by atoms with Crippen LogP contribution in [0.15, 0.2) is 41.4 Å². The molecule has 0 bridgehead atoms. The van der Waals surface area contributed by atoms with Crippen molar-refractivity contribution in [1.82, 2.24) is 4.90 Å². The van der Waals surface area contributed by atoms with Gasteiger partial charge in [0.15, 0.2) is 5.78 Å². The molecule has 0 aromatic heterocycles. The van der Waals surface area contributed by atoms with E-state index in [4.69, 9.17) is 15.6 Å². The van der Waals surface area contributed by atoms with E-state index in [0.717, 1.165) is 17.9 Å². The number of aliphatic hydroxyl groups is 2. The highest BCUT2D eigenvalue weighted by Gasteiger charge is 2.13. The zero-order chi connectivity index (χ0) is 18.1. The van der Waals surface area contributed by atoms with Crippen LogP contribution in [0.4, 0.5) is 11.4 Å². The first-order valence-electron chi connectivity index (χ1n) is 8.28. The summed E-state index contributed by atoms with van der Waals surface area (Å²) in [5.74, 6) is -0.0695. The molecule has 0 saturated heterocycles. The lowest BCUT2D eigenvalue weighted by Crippen LogP contribution is -2.34. The molecule has 0 radical (unpaired) electrons. The minimum absolute atomic E-state index is 0.0695. The quantitative estimate of drug-likeness (QED) is 0.534. The molecule has 134 valence electrons. The second-order valence-corrected chi connectivity index (χ2v) is 5.71. The molecule has 7 heteroatoms. The number of rotatable bonds is 9. The highest BCUT2D eigenvalue weighted by Crippen LogP contribution is 2.18. The Balaban J connectivity index is 1.88. The Labute approximate surface area is 147 Å². The minimum Gasteiger partial charge on any atom is -0.395 e. The monoisotopic (exact) mass is 344 g/mol. The van der Waals surface area contributed by atoms with Crippen LogP contribution in [0.1, 0.15) is 6.42 Å². The van der Waals surface area contributed by atoms with E-state index < -0.39 is 0 Å². The highest BCUT2D eigenvalue weighted by molar-refractivity contribution is 6.50. The van der Waals surface area contributed by atoms with Crippen LogP contribution in [-0.4, -0.2) is 71.7 Å². The van der Waals surface area contributed by atoms with Crippen molar-refractivity contribution in [3.63, 3.8) is 0 Å². The van der Waals surface area contributed by atoms with Gasteiger partial charge >= 0.3 is 0 Å². The summed E-state index contributed by atoms with van der Waals surface area (Å²) in [6, 6.07) is 7.52. The molecule has 1 aliphatic rings. The number of carbonyl (C=O) groups is 1. The number of nitrogens with zero attached hydrogens (tertiary/aromatic N) is 2. The fourth-order valence-corrected chi connectivity index (χ4v) is 2.47. The largest absolute Gasteiger partial charge is 0.395 e. The first-order chi connectivity index (χ1) is 12.1. The number of benzene rings is 1. The van der Waals surface area contributed by atoms with Gasteiger partial charge in [0.05, 0.1) is 36.7 Å². The lowest BCUT2D eigenvalue weighted by Gasteiger charge is -2.20. The number of nitrogens with one attached hydrogen (secondary N) is 2. The number of carbonyl (C=O) groups excluding carboxylic acids is 1. The molecule has 1 aromatic carbocycles. The normalized spacial score (nSPS) is 16.0. The summed E-state index contributed by atoms with van der Waals surface area (Å²) in [7, 11) is 0. The average Bonchev–Trinajstić information content (AvgIpc) is 2.59. The summed E-state index contributed by atoms with van der Waals surface area (Å²) in [6.45, 7) is 2.65. The van der Waals surface area contributed by atoms with Crippen LogP contribution in [0.25, 0.3) is 0 Å². The topological polar surface area (TPSA) is 109 Å². The maximum atomic E-state index is 11.2. The molecule has 0 aliphatic heterocycles. The fraction of sp³-hybridized carbons (Fsp3) is 0.389. The Morgan fingerprint density at radius 3 is 2.36 bits per heavy atom. The van der Waals surface area contributed by atoms with Gasteiger partial charge in [-0.2, -0.15) is 0 Å². The first kappa shape index (κ1) is 19.0. The third-order valence-corrected chi connectivity index (χ3v) is 3.79. The first-order valence-corrected chi connectivity index (χ1v) is 8.28. The molecule has 0 spiro atoms. The minimum atomic E-state index is -0.0695. The van der Waals surface area contributed by atoms with E-state index >= 15 is 0 Å². The van der Waals surface area contributed by atoms with E-state index in [1.165, 1.54) is 6.08 Å². The van der Waals surface area contributed by atoms with Gasteiger partial charge in [0, 0.05) is 31.9 Å². The predicted molar refractivity (Wildman–Crippen MR) is 99.1 cm³/mol. The van der Waals surface area contributed by atoms with Gasteiger partial charge in [-0.25, -0.2) is 4.99 Å². The Kier molecular flexibility index (Phi) is 7.46.